The molecule has 0 aliphatic carbocycles. The van der Waals surface area contributed by atoms with E-state index in [-0.39, 0.29) is 5.91 Å². The third-order valence-corrected chi connectivity index (χ3v) is 4.52. The zero-order valence-electron chi connectivity index (χ0n) is 12.7. The van der Waals surface area contributed by atoms with E-state index >= 15 is 0 Å². The van der Waals surface area contributed by atoms with Crippen molar-refractivity contribution in [2.24, 2.45) is 0 Å². The molecule has 116 valence electrons. The molecule has 0 aromatic heterocycles. The molecule has 1 aliphatic rings. The Kier molecular flexibility index (Phi) is 4.12. The van der Waals surface area contributed by atoms with Gasteiger partial charge in [0, 0.05) is 18.7 Å². The van der Waals surface area contributed by atoms with Gasteiger partial charge in [0.05, 0.1) is 11.5 Å². The SMILES string of the molecule is N#CC1(c2ccccc2)CCN(C(=O)c2cccc(F)c2)CC1. The van der Waals surface area contributed by atoms with Crippen molar-refractivity contribution in [2.75, 3.05) is 13.1 Å². The number of carbonyl (C=O) groups is 1. The molecule has 4 heteroatoms. The summed E-state index contributed by atoms with van der Waals surface area (Å²) in [7, 11) is 0. The molecule has 3 nitrogen and oxygen atoms in total. The Hall–Kier alpha value is -2.67. The normalized spacial score (nSPS) is 16.6. The average molecular weight is 308 g/mol. The van der Waals surface area contributed by atoms with Crippen molar-refractivity contribution in [1.82, 2.24) is 4.90 Å². The van der Waals surface area contributed by atoms with Crippen LogP contribution in [0.1, 0.15) is 28.8 Å². The van der Waals surface area contributed by atoms with E-state index in [2.05, 4.69) is 6.07 Å². The third kappa shape index (κ3) is 2.95. The fraction of sp³-hybridized carbons (Fsp3) is 0.263. The molecule has 0 N–H and O–H groups in total. The Labute approximate surface area is 135 Å². The fourth-order valence-corrected chi connectivity index (χ4v) is 3.12. The van der Waals surface area contributed by atoms with Crippen molar-refractivity contribution in [3.05, 3.63) is 71.5 Å². The van der Waals surface area contributed by atoms with Crippen LogP contribution >= 0.6 is 0 Å². The van der Waals surface area contributed by atoms with E-state index < -0.39 is 11.2 Å². The predicted octanol–water partition coefficient (Wildman–Crippen LogP) is 3.52. The van der Waals surface area contributed by atoms with Crippen molar-refractivity contribution in [2.45, 2.75) is 18.3 Å². The van der Waals surface area contributed by atoms with Crippen molar-refractivity contribution >= 4 is 5.91 Å². The van der Waals surface area contributed by atoms with Crippen LogP contribution in [0.4, 0.5) is 4.39 Å². The van der Waals surface area contributed by atoms with Crippen molar-refractivity contribution < 1.29 is 9.18 Å². The number of amides is 1. The van der Waals surface area contributed by atoms with E-state index in [1.54, 1.807) is 11.0 Å². The molecule has 0 bridgehead atoms. The Bertz CT molecular complexity index is 743. The number of hydrogen-bond donors (Lipinski definition) is 0. The van der Waals surface area contributed by atoms with Gasteiger partial charge in [-0.05, 0) is 36.6 Å². The van der Waals surface area contributed by atoms with Crippen LogP contribution < -0.4 is 0 Å². The molecule has 1 heterocycles. The lowest BCUT2D eigenvalue weighted by molar-refractivity contribution is 0.0691. The van der Waals surface area contributed by atoms with Gasteiger partial charge in [-0.15, -0.1) is 0 Å². The lowest BCUT2D eigenvalue weighted by atomic mass is 9.74. The molecule has 1 amide bonds. The van der Waals surface area contributed by atoms with Gasteiger partial charge in [0.1, 0.15) is 5.82 Å². The van der Waals surface area contributed by atoms with Crippen LogP contribution in [0.2, 0.25) is 0 Å². The topological polar surface area (TPSA) is 44.1 Å². The molecule has 0 spiro atoms. The molecular formula is C19H17FN2O. The molecule has 2 aromatic carbocycles. The maximum Gasteiger partial charge on any atom is 0.253 e. The predicted molar refractivity (Wildman–Crippen MR) is 85.3 cm³/mol. The quantitative estimate of drug-likeness (QED) is 0.852. The average Bonchev–Trinajstić information content (AvgIpc) is 2.62. The van der Waals surface area contributed by atoms with Crippen LogP contribution in [0.5, 0.6) is 0 Å². The number of rotatable bonds is 2. The first-order valence-electron chi connectivity index (χ1n) is 7.66. The zero-order valence-corrected chi connectivity index (χ0v) is 12.7. The second-order valence-electron chi connectivity index (χ2n) is 5.86. The van der Waals surface area contributed by atoms with Gasteiger partial charge in [-0.25, -0.2) is 4.39 Å². The van der Waals surface area contributed by atoms with E-state index in [1.165, 1.54) is 18.2 Å². The molecule has 23 heavy (non-hydrogen) atoms. The first kappa shape index (κ1) is 15.2. The summed E-state index contributed by atoms with van der Waals surface area (Å²) in [6.45, 7) is 0.996. The largest absolute Gasteiger partial charge is 0.339 e. The number of halogens is 1. The van der Waals surface area contributed by atoms with Crippen molar-refractivity contribution in [1.29, 1.82) is 5.26 Å². The molecule has 2 aromatic rings. The highest BCUT2D eigenvalue weighted by atomic mass is 19.1. The molecule has 1 saturated heterocycles. The summed E-state index contributed by atoms with van der Waals surface area (Å²) in [5, 5.41) is 9.67. The van der Waals surface area contributed by atoms with Gasteiger partial charge in [0.15, 0.2) is 0 Å². The molecular weight excluding hydrogens is 291 g/mol. The van der Waals surface area contributed by atoms with Crippen LogP contribution in [0, 0.1) is 17.1 Å². The summed E-state index contributed by atoms with van der Waals surface area (Å²) < 4.78 is 13.3. The third-order valence-electron chi connectivity index (χ3n) is 4.52. The number of piperidine rings is 1. The number of nitriles is 1. The highest BCUT2D eigenvalue weighted by Crippen LogP contribution is 2.35. The van der Waals surface area contributed by atoms with Crippen LogP contribution in [-0.4, -0.2) is 23.9 Å². The lowest BCUT2D eigenvalue weighted by Crippen LogP contribution is -2.44. The second kappa shape index (κ2) is 6.21. The summed E-state index contributed by atoms with van der Waals surface area (Å²) in [4.78, 5) is 14.2. The monoisotopic (exact) mass is 308 g/mol. The first-order valence-corrected chi connectivity index (χ1v) is 7.66. The minimum absolute atomic E-state index is 0.177. The summed E-state index contributed by atoms with van der Waals surface area (Å²) in [6.07, 6.45) is 1.18. The smallest absolute Gasteiger partial charge is 0.253 e. The lowest BCUT2D eigenvalue weighted by Gasteiger charge is -2.37. The van der Waals surface area contributed by atoms with Gasteiger partial charge in [-0.1, -0.05) is 36.4 Å². The molecule has 0 radical (unpaired) electrons. The maximum atomic E-state index is 13.3. The highest BCUT2D eigenvalue weighted by Gasteiger charge is 2.37. The van der Waals surface area contributed by atoms with E-state index in [9.17, 15) is 14.4 Å². The van der Waals surface area contributed by atoms with E-state index in [0.717, 1.165) is 5.56 Å². The second-order valence-corrected chi connectivity index (χ2v) is 5.86. The van der Waals surface area contributed by atoms with Gasteiger partial charge in [-0.2, -0.15) is 5.26 Å². The number of nitrogens with zero attached hydrogens (tertiary/aromatic N) is 2. The summed E-state index contributed by atoms with van der Waals surface area (Å²) >= 11 is 0. The summed E-state index contributed by atoms with van der Waals surface area (Å²) in [5.41, 5.74) is 0.814. The summed E-state index contributed by atoms with van der Waals surface area (Å²) in [5.74, 6) is -0.590. The summed E-state index contributed by atoms with van der Waals surface area (Å²) in [6, 6.07) is 17.9. The molecule has 1 aliphatic heterocycles. The number of hydrogen-bond acceptors (Lipinski definition) is 2. The minimum Gasteiger partial charge on any atom is -0.339 e. The van der Waals surface area contributed by atoms with E-state index in [4.69, 9.17) is 0 Å². The van der Waals surface area contributed by atoms with Crippen LogP contribution in [0.3, 0.4) is 0 Å². The number of carbonyl (C=O) groups excluding carboxylic acids is 1. The number of benzene rings is 2. The molecule has 1 fully saturated rings. The van der Waals surface area contributed by atoms with Gasteiger partial charge in [-0.3, -0.25) is 4.79 Å². The maximum absolute atomic E-state index is 13.3. The Morgan fingerprint density at radius 3 is 2.39 bits per heavy atom. The Morgan fingerprint density at radius 2 is 1.78 bits per heavy atom. The van der Waals surface area contributed by atoms with Crippen LogP contribution in [-0.2, 0) is 5.41 Å². The Morgan fingerprint density at radius 1 is 1.09 bits per heavy atom. The van der Waals surface area contributed by atoms with Gasteiger partial charge >= 0.3 is 0 Å². The van der Waals surface area contributed by atoms with Crippen molar-refractivity contribution in [3.63, 3.8) is 0 Å². The standard InChI is InChI=1S/C19H17FN2O/c20-17-8-4-5-15(13-17)18(23)22-11-9-19(14-21,10-12-22)16-6-2-1-3-7-16/h1-8,13H,9-12H2. The highest BCUT2D eigenvalue weighted by molar-refractivity contribution is 5.94. The minimum atomic E-state index is -0.542. The van der Waals surface area contributed by atoms with E-state index in [0.29, 0.717) is 31.5 Å². The number of likely N-dealkylation sites (tertiary alicyclic amines) is 1. The molecule has 3 rings (SSSR count). The first-order chi connectivity index (χ1) is 11.1. The van der Waals surface area contributed by atoms with Crippen LogP contribution in [0.25, 0.3) is 0 Å². The fourth-order valence-electron chi connectivity index (χ4n) is 3.12. The molecule has 0 unspecified atom stereocenters. The van der Waals surface area contributed by atoms with Crippen molar-refractivity contribution in [3.8, 4) is 6.07 Å². The van der Waals surface area contributed by atoms with Gasteiger partial charge in [0.2, 0.25) is 0 Å². The van der Waals surface area contributed by atoms with Gasteiger partial charge < -0.3 is 4.90 Å². The molecule has 0 atom stereocenters. The molecule has 0 saturated carbocycles. The Balaban J connectivity index is 1.75. The van der Waals surface area contributed by atoms with E-state index in [1.807, 2.05) is 30.3 Å². The van der Waals surface area contributed by atoms with Gasteiger partial charge in [0.25, 0.3) is 5.91 Å². The zero-order chi connectivity index (χ0) is 16.3. The van der Waals surface area contributed by atoms with Crippen LogP contribution in [0.15, 0.2) is 54.6 Å².